The third kappa shape index (κ3) is 8.38. The normalized spacial score (nSPS) is 29.5. The molecule has 11 heteroatoms. The maximum atomic E-state index is 13.6. The Balaban J connectivity index is 1.58. The summed E-state index contributed by atoms with van der Waals surface area (Å²) in [6.45, 7) is 9.12. The fourth-order valence-electron chi connectivity index (χ4n) is 7.43. The second kappa shape index (κ2) is 15.9. The number of nitrogens with one attached hydrogen (secondary N) is 1. The van der Waals surface area contributed by atoms with Crippen LogP contribution in [-0.2, 0) is 36.1 Å². The minimum Gasteiger partial charge on any atom is -0.490 e. The van der Waals surface area contributed by atoms with Crippen molar-refractivity contribution in [1.29, 1.82) is 0 Å². The van der Waals surface area contributed by atoms with Gasteiger partial charge in [-0.05, 0) is 84.9 Å². The lowest BCUT2D eigenvalue weighted by Crippen LogP contribution is -2.48. The molecule has 264 valence electrons. The van der Waals surface area contributed by atoms with Crippen molar-refractivity contribution in [2.75, 3.05) is 58.6 Å². The predicted octanol–water partition coefficient (Wildman–Crippen LogP) is 6.18. The van der Waals surface area contributed by atoms with Gasteiger partial charge in [0, 0.05) is 43.3 Å². The highest BCUT2D eigenvalue weighted by Gasteiger charge is 2.42. The molecule has 5 rings (SSSR count). The predicted molar refractivity (Wildman–Crippen MR) is 190 cm³/mol. The number of sulfonamides is 1. The number of hydrogen-bond donors (Lipinski definition) is 1. The number of ether oxygens (including phenoxy) is 4. The highest BCUT2D eigenvalue weighted by Crippen LogP contribution is 2.44. The lowest BCUT2D eigenvalue weighted by molar-refractivity contribution is -0.0310. The summed E-state index contributed by atoms with van der Waals surface area (Å²) in [6.07, 6.45) is 8.27. The SMILES string of the molecule is CCCc1cc(Cl)ccc1[C@]1(C)COc2ccc3cc2N(C[C@@H]2CC[C@H]2[C@@H](OCCOC)/C=C/[C@H](C)C[C@@H](COC)S(=O)(=O)NC3=O)C1. The van der Waals surface area contributed by atoms with E-state index in [2.05, 4.69) is 41.7 Å². The van der Waals surface area contributed by atoms with Gasteiger partial charge in [-0.15, -0.1) is 0 Å². The molecular weight excluding hydrogens is 652 g/mol. The van der Waals surface area contributed by atoms with E-state index in [1.165, 1.54) is 18.2 Å². The van der Waals surface area contributed by atoms with Gasteiger partial charge in [0.05, 0.1) is 38.2 Å². The van der Waals surface area contributed by atoms with Gasteiger partial charge in [0.15, 0.2) is 0 Å². The van der Waals surface area contributed by atoms with Gasteiger partial charge in [-0.1, -0.05) is 57.0 Å². The Bertz CT molecular complexity index is 1570. The third-order valence-corrected chi connectivity index (χ3v) is 12.0. The number of carbonyl (C=O) groups excluding carboxylic acids is 1. The molecule has 2 aliphatic heterocycles. The van der Waals surface area contributed by atoms with Crippen LogP contribution in [0.3, 0.4) is 0 Å². The van der Waals surface area contributed by atoms with Gasteiger partial charge in [0.1, 0.15) is 11.0 Å². The first-order chi connectivity index (χ1) is 23.0. The Morgan fingerprint density at radius 1 is 1.08 bits per heavy atom. The minimum atomic E-state index is -4.06. The van der Waals surface area contributed by atoms with Crippen molar-refractivity contribution in [3.8, 4) is 5.75 Å². The molecule has 2 bridgehead atoms. The molecule has 0 spiro atoms. The molecule has 3 aliphatic rings. The zero-order chi connectivity index (χ0) is 34.5. The summed E-state index contributed by atoms with van der Waals surface area (Å²) in [6, 6.07) is 11.3. The summed E-state index contributed by atoms with van der Waals surface area (Å²) >= 11 is 6.47. The van der Waals surface area contributed by atoms with E-state index in [4.69, 9.17) is 30.5 Å². The van der Waals surface area contributed by atoms with E-state index in [9.17, 15) is 13.2 Å². The smallest absolute Gasteiger partial charge is 0.264 e. The number of halogens is 1. The number of aryl methyl sites for hydroxylation is 1. The highest BCUT2D eigenvalue weighted by atomic mass is 35.5. The Kier molecular flexibility index (Phi) is 12.2. The van der Waals surface area contributed by atoms with Crippen LogP contribution >= 0.6 is 11.6 Å². The fourth-order valence-corrected chi connectivity index (χ4v) is 9.04. The van der Waals surface area contributed by atoms with Crippen molar-refractivity contribution < 1.29 is 32.2 Å². The van der Waals surface area contributed by atoms with Crippen LogP contribution in [0.1, 0.15) is 67.9 Å². The molecule has 0 aromatic heterocycles. The number of hydrogen-bond acceptors (Lipinski definition) is 8. The van der Waals surface area contributed by atoms with Gasteiger partial charge in [-0.3, -0.25) is 4.79 Å². The monoisotopic (exact) mass is 702 g/mol. The van der Waals surface area contributed by atoms with Crippen molar-refractivity contribution in [3.63, 3.8) is 0 Å². The molecule has 2 aromatic rings. The summed E-state index contributed by atoms with van der Waals surface area (Å²) < 4.78 is 53.0. The van der Waals surface area contributed by atoms with E-state index >= 15 is 0 Å². The Morgan fingerprint density at radius 2 is 1.90 bits per heavy atom. The summed E-state index contributed by atoms with van der Waals surface area (Å²) in [5, 5.41) is -0.201. The zero-order valence-corrected chi connectivity index (χ0v) is 30.4. The van der Waals surface area contributed by atoms with Crippen molar-refractivity contribution in [2.45, 2.75) is 69.6 Å². The van der Waals surface area contributed by atoms with Crippen molar-refractivity contribution in [2.24, 2.45) is 17.8 Å². The number of nitrogens with zero attached hydrogens (tertiary/aromatic N) is 1. The molecule has 1 saturated carbocycles. The molecule has 2 aromatic carbocycles. The first-order valence-corrected chi connectivity index (χ1v) is 19.0. The van der Waals surface area contributed by atoms with Gasteiger partial charge < -0.3 is 23.8 Å². The van der Waals surface area contributed by atoms with E-state index in [-0.39, 0.29) is 30.1 Å². The number of methoxy groups -OCH3 is 2. The second-order valence-corrected chi connectivity index (χ2v) is 16.3. The number of benzene rings is 2. The molecular formula is C37H51ClN2O7S. The molecule has 1 aliphatic carbocycles. The van der Waals surface area contributed by atoms with Crippen LogP contribution in [0.4, 0.5) is 5.69 Å². The number of amides is 1. The quantitative estimate of drug-likeness (QED) is 0.244. The van der Waals surface area contributed by atoms with E-state index in [0.717, 1.165) is 37.9 Å². The van der Waals surface area contributed by atoms with Gasteiger partial charge in [0.2, 0.25) is 10.0 Å². The van der Waals surface area contributed by atoms with Crippen LogP contribution in [0.25, 0.3) is 0 Å². The minimum absolute atomic E-state index is 0.0334. The van der Waals surface area contributed by atoms with E-state index in [1.807, 2.05) is 19.1 Å². The number of anilines is 1. The third-order valence-electron chi connectivity index (χ3n) is 10.1. The van der Waals surface area contributed by atoms with E-state index in [1.54, 1.807) is 25.3 Å². The molecule has 6 atom stereocenters. The number of fused-ring (bicyclic) bond motifs is 2. The standard InChI is InChI=1S/C37H51ClN2O7S/c1-6-7-26-19-29(38)11-13-32(26)37(3)23-40-21-28-9-12-31(28)34(46-17-16-44-4)14-8-25(2)18-30(22-45-5)48(42,43)39-36(41)27-10-15-35(47-24-37)33(40)20-27/h8,10-11,13-15,19-20,25,28,30-31,34H,6-7,9,12,16-18,21-24H2,1-5H3,(H,39,41)/b14-8+/t25-,28-,30-,31+,34-,37-/m0/s1. The largest absolute Gasteiger partial charge is 0.490 e. The molecule has 48 heavy (non-hydrogen) atoms. The maximum absolute atomic E-state index is 13.6. The lowest BCUT2D eigenvalue weighted by Gasteiger charge is -2.45. The average molecular weight is 703 g/mol. The van der Waals surface area contributed by atoms with Crippen molar-refractivity contribution in [3.05, 3.63) is 70.3 Å². The molecule has 1 amide bonds. The van der Waals surface area contributed by atoms with Crippen molar-refractivity contribution >= 4 is 33.2 Å². The fraction of sp³-hybridized carbons (Fsp3) is 0.595. The molecule has 1 N–H and O–H groups in total. The zero-order valence-electron chi connectivity index (χ0n) is 28.9. The van der Waals surface area contributed by atoms with Gasteiger partial charge in [-0.2, -0.15) is 0 Å². The lowest BCUT2D eigenvalue weighted by atomic mass is 9.69. The molecule has 2 heterocycles. The van der Waals surface area contributed by atoms with E-state index < -0.39 is 26.6 Å². The molecule has 9 nitrogen and oxygen atoms in total. The molecule has 0 unspecified atom stereocenters. The van der Waals surface area contributed by atoms with Gasteiger partial charge in [-0.25, -0.2) is 13.1 Å². The summed E-state index contributed by atoms with van der Waals surface area (Å²) in [5.74, 6) is 0.508. The van der Waals surface area contributed by atoms with Crippen LogP contribution in [0, 0.1) is 17.8 Å². The second-order valence-electron chi connectivity index (χ2n) is 13.9. The van der Waals surface area contributed by atoms with Crippen LogP contribution in [0.5, 0.6) is 5.75 Å². The highest BCUT2D eigenvalue weighted by molar-refractivity contribution is 7.90. The average Bonchev–Trinajstić information content (AvgIpc) is 3.17. The summed E-state index contributed by atoms with van der Waals surface area (Å²) in [5.41, 5.74) is 3.05. The van der Waals surface area contributed by atoms with Crippen molar-refractivity contribution in [1.82, 2.24) is 4.72 Å². The molecule has 0 radical (unpaired) electrons. The number of carbonyl (C=O) groups is 1. The van der Waals surface area contributed by atoms with Gasteiger partial charge in [0.25, 0.3) is 5.91 Å². The summed E-state index contributed by atoms with van der Waals surface area (Å²) in [7, 11) is -0.921. The first kappa shape index (κ1) is 36.6. The van der Waals surface area contributed by atoms with Crippen LogP contribution in [-0.4, -0.2) is 79.4 Å². The maximum Gasteiger partial charge on any atom is 0.264 e. The Labute approximate surface area is 291 Å². The number of rotatable bonds is 9. The van der Waals surface area contributed by atoms with E-state index in [0.29, 0.717) is 49.5 Å². The Hall–Kier alpha value is -2.63. The van der Waals surface area contributed by atoms with Crippen LogP contribution in [0.2, 0.25) is 5.02 Å². The molecule has 1 fully saturated rings. The topological polar surface area (TPSA) is 103 Å². The van der Waals surface area contributed by atoms with Crippen LogP contribution < -0.4 is 14.4 Å². The Morgan fingerprint density at radius 3 is 2.60 bits per heavy atom. The first-order valence-electron chi connectivity index (χ1n) is 17.1. The summed E-state index contributed by atoms with van der Waals surface area (Å²) in [4.78, 5) is 15.9. The molecule has 0 saturated heterocycles. The number of allylic oxidation sites excluding steroid dienone is 1. The van der Waals surface area contributed by atoms with Crippen LogP contribution in [0.15, 0.2) is 48.6 Å². The van der Waals surface area contributed by atoms with Gasteiger partial charge >= 0.3 is 0 Å².